The molecule has 1 N–H and O–H groups in total. The first-order valence-electron chi connectivity index (χ1n) is 20.6. The van der Waals surface area contributed by atoms with E-state index in [1.54, 1.807) is 27.9 Å². The lowest BCUT2D eigenvalue weighted by Crippen LogP contribution is -2.67. The molecule has 0 radical (unpaired) electrons. The van der Waals surface area contributed by atoms with E-state index in [9.17, 15) is 9.59 Å². The van der Waals surface area contributed by atoms with E-state index in [1.165, 1.54) is 16.4 Å². The molecule has 1 fully saturated rings. The Kier molecular flexibility index (Phi) is 16.0. The highest BCUT2D eigenvalue weighted by Gasteiger charge is 2.52. The average Bonchev–Trinajstić information content (AvgIpc) is 3.17. The fourth-order valence-corrected chi connectivity index (χ4v) is 13.4. The molecular weight excluding hydrogens is 753 g/mol. The van der Waals surface area contributed by atoms with Crippen molar-refractivity contribution in [1.29, 1.82) is 0 Å². The van der Waals surface area contributed by atoms with Crippen molar-refractivity contribution in [2.24, 2.45) is 17.8 Å². The molecule has 0 aliphatic carbocycles. The summed E-state index contributed by atoms with van der Waals surface area (Å²) in [7, 11) is 2.96. The van der Waals surface area contributed by atoms with Gasteiger partial charge < -0.3 is 43.1 Å². The predicted molar refractivity (Wildman–Crippen MR) is 230 cm³/mol. The average molecular weight is 823 g/mol. The van der Waals surface area contributed by atoms with Crippen molar-refractivity contribution in [3.05, 3.63) is 84.7 Å². The van der Waals surface area contributed by atoms with Gasteiger partial charge in [0, 0.05) is 52.0 Å². The molecule has 322 valence electrons. The van der Waals surface area contributed by atoms with E-state index in [0.29, 0.717) is 30.8 Å². The number of methoxy groups -OCH3 is 1. The van der Waals surface area contributed by atoms with Crippen LogP contribution in [0.25, 0.3) is 0 Å². The third-order valence-electron chi connectivity index (χ3n) is 11.7. The van der Waals surface area contributed by atoms with Gasteiger partial charge in [-0.3, -0.25) is 0 Å². The van der Waals surface area contributed by atoms with Crippen molar-refractivity contribution in [1.82, 2.24) is 10.2 Å². The van der Waals surface area contributed by atoms with Crippen LogP contribution in [-0.4, -0.2) is 102 Å². The smallest absolute Gasteiger partial charge is 0.407 e. The third-order valence-corrected chi connectivity index (χ3v) is 16.7. The van der Waals surface area contributed by atoms with Crippen LogP contribution in [-0.2, 0) is 37.6 Å². The van der Waals surface area contributed by atoms with Crippen LogP contribution in [0.4, 0.5) is 4.79 Å². The number of amides is 1. The van der Waals surface area contributed by atoms with E-state index in [0.717, 1.165) is 0 Å². The van der Waals surface area contributed by atoms with Gasteiger partial charge in [0.25, 0.3) is 8.32 Å². The second kappa shape index (κ2) is 19.7. The molecule has 0 bridgehead atoms. The van der Waals surface area contributed by atoms with Gasteiger partial charge in [0.05, 0.1) is 23.4 Å². The number of nitrogens with one attached hydrogen (secondary N) is 1. The van der Waals surface area contributed by atoms with Crippen LogP contribution >= 0.6 is 0 Å². The zero-order chi connectivity index (χ0) is 43.1. The van der Waals surface area contributed by atoms with Crippen LogP contribution in [0.5, 0.6) is 0 Å². The second-order valence-corrected chi connectivity index (χ2v) is 22.4. The standard InChI is InChI=1S/C46H70N2O9Si/c1-15-26-52-43(50)47-29-35-27-38(48(12)13)32(3)42(54-35)55-40(33(4)39-34(5)41(49)57-45(9,10)56-39)46(11,51-14)28-31(2)30-53-58(44(6,7)8,36-22-18-16-19-23-36)37-24-20-17-21-25-37/h15-25,31-33,35,38,40,42H,1,26-30H2,2-14H3,(H,47,50)/t31-,32?,33+,35?,38?,40-,42+,46-/m1/s1. The zero-order valence-electron chi connectivity index (χ0n) is 37.3. The Balaban J connectivity index is 1.72. The van der Waals surface area contributed by atoms with Crippen LogP contribution in [0.2, 0.25) is 5.04 Å². The lowest BCUT2D eigenvalue weighted by atomic mass is 9.80. The summed E-state index contributed by atoms with van der Waals surface area (Å²) >= 11 is 0. The molecule has 1 amide bonds. The number of nitrogens with zero attached hydrogens (tertiary/aromatic N) is 1. The Morgan fingerprint density at radius 1 is 1.03 bits per heavy atom. The molecule has 0 saturated carbocycles. The molecule has 8 atom stereocenters. The number of benzene rings is 2. The summed E-state index contributed by atoms with van der Waals surface area (Å²) in [6, 6.07) is 21.3. The number of hydrogen-bond acceptors (Lipinski definition) is 10. The molecule has 1 saturated heterocycles. The first-order valence-corrected chi connectivity index (χ1v) is 22.5. The molecule has 2 aliphatic heterocycles. The number of ether oxygens (including phenoxy) is 6. The lowest BCUT2D eigenvalue weighted by molar-refractivity contribution is -0.286. The van der Waals surface area contributed by atoms with Crippen LogP contribution < -0.4 is 15.7 Å². The summed E-state index contributed by atoms with van der Waals surface area (Å²) in [5.74, 6) is -1.66. The van der Waals surface area contributed by atoms with E-state index >= 15 is 0 Å². The number of carbonyl (C=O) groups is 2. The Morgan fingerprint density at radius 3 is 2.14 bits per heavy atom. The second-order valence-electron chi connectivity index (χ2n) is 18.0. The molecule has 3 unspecified atom stereocenters. The van der Waals surface area contributed by atoms with Crippen LogP contribution in [0.3, 0.4) is 0 Å². The largest absolute Gasteiger partial charge is 0.456 e. The van der Waals surface area contributed by atoms with Crippen molar-refractivity contribution in [2.45, 2.75) is 123 Å². The van der Waals surface area contributed by atoms with Crippen molar-refractivity contribution in [3.8, 4) is 0 Å². The fourth-order valence-electron chi connectivity index (χ4n) is 8.75. The molecule has 0 spiro atoms. The number of esters is 1. The minimum absolute atomic E-state index is 0.00593. The molecule has 58 heavy (non-hydrogen) atoms. The molecule has 4 rings (SSSR count). The molecule has 0 aromatic heterocycles. The minimum atomic E-state index is -2.82. The number of alkyl carbamates (subject to hydrolysis) is 1. The Bertz CT molecular complexity index is 1660. The molecular formula is C46H70N2O9Si. The number of hydrogen-bond donors (Lipinski definition) is 1. The van der Waals surface area contributed by atoms with Gasteiger partial charge in [0.15, 0.2) is 6.29 Å². The highest BCUT2D eigenvalue weighted by atomic mass is 28.4. The van der Waals surface area contributed by atoms with E-state index < -0.39 is 50.1 Å². The summed E-state index contributed by atoms with van der Waals surface area (Å²) < 4.78 is 45.0. The van der Waals surface area contributed by atoms with E-state index in [4.69, 9.17) is 32.8 Å². The van der Waals surface area contributed by atoms with Gasteiger partial charge in [-0.05, 0) is 62.1 Å². The predicted octanol–water partition coefficient (Wildman–Crippen LogP) is 7.19. The van der Waals surface area contributed by atoms with Gasteiger partial charge in [0.2, 0.25) is 5.79 Å². The van der Waals surface area contributed by atoms with Crippen LogP contribution in [0, 0.1) is 17.8 Å². The highest BCUT2D eigenvalue weighted by molar-refractivity contribution is 6.99. The Labute approximate surface area is 348 Å². The summed E-state index contributed by atoms with van der Waals surface area (Å²) in [5, 5.41) is 5.08. The lowest BCUT2D eigenvalue weighted by Gasteiger charge is -2.49. The van der Waals surface area contributed by atoms with Crippen molar-refractivity contribution in [2.75, 3.05) is 41.0 Å². The van der Waals surface area contributed by atoms with Gasteiger partial charge in [-0.25, -0.2) is 9.59 Å². The monoisotopic (exact) mass is 822 g/mol. The van der Waals surface area contributed by atoms with Crippen LogP contribution in [0.15, 0.2) is 84.7 Å². The van der Waals surface area contributed by atoms with Crippen molar-refractivity contribution < 1.29 is 42.4 Å². The maximum absolute atomic E-state index is 13.2. The van der Waals surface area contributed by atoms with Gasteiger partial charge in [0.1, 0.15) is 12.4 Å². The minimum Gasteiger partial charge on any atom is -0.456 e. The SMILES string of the molecule is C=CCOC(=O)NCC1CC(N(C)C)C(C)[C@H](O[C@H]([C@@H](C)C2=C(C)C(=O)OC(C)(C)O2)[C@@](C)(C[C@@H](C)CO[Si](c2ccccc2)(c2ccccc2)C(C)(C)C)OC)O1. The zero-order valence-corrected chi connectivity index (χ0v) is 38.3. The van der Waals surface area contributed by atoms with Gasteiger partial charge in [-0.2, -0.15) is 0 Å². The maximum atomic E-state index is 13.2. The van der Waals surface area contributed by atoms with Gasteiger partial charge in [-0.15, -0.1) is 0 Å². The quantitative estimate of drug-likeness (QED) is 0.0942. The van der Waals surface area contributed by atoms with Gasteiger partial charge in [-0.1, -0.05) is 115 Å². The first-order chi connectivity index (χ1) is 27.2. The topological polar surface area (TPSA) is 114 Å². The third kappa shape index (κ3) is 11.0. The molecule has 2 aromatic rings. The summed E-state index contributed by atoms with van der Waals surface area (Å²) in [6.45, 7) is 24.8. The van der Waals surface area contributed by atoms with E-state index in [1.807, 2.05) is 33.2 Å². The first kappa shape index (κ1) is 47.2. The maximum Gasteiger partial charge on any atom is 0.407 e. The normalized spacial score (nSPS) is 23.9. The molecule has 12 heteroatoms. The number of rotatable bonds is 18. The van der Waals surface area contributed by atoms with Gasteiger partial charge >= 0.3 is 12.1 Å². The summed E-state index contributed by atoms with van der Waals surface area (Å²) in [6.07, 6.45) is 0.464. The van der Waals surface area contributed by atoms with E-state index in [-0.39, 0.29) is 42.2 Å². The summed E-state index contributed by atoms with van der Waals surface area (Å²) in [4.78, 5) is 27.8. The fraction of sp³-hybridized carbons (Fsp3) is 0.609. The number of cyclic esters (lactones) is 1. The highest BCUT2D eigenvalue weighted by Crippen LogP contribution is 2.42. The molecule has 11 nitrogen and oxygen atoms in total. The Hall–Kier alpha value is -3.52. The van der Waals surface area contributed by atoms with Crippen LogP contribution in [0.1, 0.15) is 82.1 Å². The number of carbonyl (C=O) groups excluding carboxylic acids is 2. The van der Waals surface area contributed by atoms with Crippen molar-refractivity contribution >= 4 is 30.8 Å². The summed E-state index contributed by atoms with van der Waals surface area (Å²) in [5.41, 5.74) is -0.544. The molecule has 2 heterocycles. The van der Waals surface area contributed by atoms with E-state index in [2.05, 4.69) is 107 Å². The van der Waals surface area contributed by atoms with Crippen molar-refractivity contribution in [3.63, 3.8) is 0 Å². The molecule has 2 aromatic carbocycles. The Morgan fingerprint density at radius 2 is 1.62 bits per heavy atom. The molecule has 2 aliphatic rings.